The summed E-state index contributed by atoms with van der Waals surface area (Å²) in [5.74, 6) is 1.38. The lowest BCUT2D eigenvalue weighted by Gasteiger charge is -2.35. The van der Waals surface area contributed by atoms with Crippen molar-refractivity contribution >= 4 is 34.9 Å². The fourth-order valence-electron chi connectivity index (χ4n) is 3.37. The molecule has 0 spiro atoms. The number of H-pyrrole nitrogens is 1. The van der Waals surface area contributed by atoms with Gasteiger partial charge in [0.1, 0.15) is 0 Å². The Balaban J connectivity index is 2.19. The van der Waals surface area contributed by atoms with Crippen LogP contribution in [-0.2, 0) is 0 Å². The van der Waals surface area contributed by atoms with Crippen LogP contribution in [0.5, 0.6) is 0 Å². The molecule has 0 aliphatic heterocycles. The van der Waals surface area contributed by atoms with Crippen LogP contribution < -0.4 is 0 Å². The van der Waals surface area contributed by atoms with E-state index in [1.807, 2.05) is 18.2 Å². The Labute approximate surface area is 123 Å². The summed E-state index contributed by atoms with van der Waals surface area (Å²) in [6, 6.07) is 6.42. The number of aromatic amines is 1. The molecule has 3 rings (SSSR count). The molecule has 1 aromatic carbocycles. The lowest BCUT2D eigenvalue weighted by Crippen LogP contribution is -2.27. The molecule has 1 fully saturated rings. The molecule has 3 atom stereocenters. The predicted molar refractivity (Wildman–Crippen MR) is 83.3 cm³/mol. The molecule has 0 bridgehead atoms. The zero-order valence-electron chi connectivity index (χ0n) is 11.3. The topological polar surface area (TPSA) is 20.7 Å². The van der Waals surface area contributed by atoms with E-state index in [4.69, 9.17) is 23.8 Å². The quantitative estimate of drug-likeness (QED) is 0.703. The smallest absolute Gasteiger partial charge is 0.178 e. The van der Waals surface area contributed by atoms with Crippen LogP contribution in [0, 0.1) is 16.6 Å². The molecule has 3 unspecified atom stereocenters. The van der Waals surface area contributed by atoms with E-state index >= 15 is 0 Å². The Morgan fingerprint density at radius 1 is 1.32 bits per heavy atom. The van der Waals surface area contributed by atoms with Crippen LogP contribution in [0.1, 0.15) is 39.2 Å². The number of para-hydroxylation sites is 1. The van der Waals surface area contributed by atoms with Crippen LogP contribution >= 0.6 is 23.8 Å². The van der Waals surface area contributed by atoms with Gasteiger partial charge in [0, 0.05) is 6.04 Å². The SMILES string of the molecule is CC1CCCC(n2c(=S)[nH]c3cccc(Cl)c32)C1C. The number of nitrogens with one attached hydrogen (secondary N) is 1. The minimum absolute atomic E-state index is 0.463. The zero-order valence-corrected chi connectivity index (χ0v) is 12.9. The van der Waals surface area contributed by atoms with E-state index in [1.54, 1.807) is 0 Å². The van der Waals surface area contributed by atoms with Crippen molar-refractivity contribution < 1.29 is 0 Å². The summed E-state index contributed by atoms with van der Waals surface area (Å²) in [7, 11) is 0. The van der Waals surface area contributed by atoms with Crippen LogP contribution in [0.2, 0.25) is 5.02 Å². The summed E-state index contributed by atoms with van der Waals surface area (Å²) >= 11 is 11.9. The van der Waals surface area contributed by atoms with E-state index in [0.29, 0.717) is 12.0 Å². The summed E-state index contributed by atoms with van der Waals surface area (Å²) < 4.78 is 3.06. The number of imidazole rings is 1. The second-order valence-corrected chi connectivity index (χ2v) is 6.56. The molecule has 2 aromatic rings. The first-order valence-electron chi connectivity index (χ1n) is 6.98. The highest BCUT2D eigenvalue weighted by molar-refractivity contribution is 7.71. The molecule has 1 N–H and O–H groups in total. The first kappa shape index (κ1) is 13.2. The molecule has 1 aliphatic carbocycles. The molecule has 4 heteroatoms. The van der Waals surface area contributed by atoms with E-state index in [1.165, 1.54) is 19.3 Å². The van der Waals surface area contributed by atoms with Crippen molar-refractivity contribution in [3.05, 3.63) is 28.0 Å². The van der Waals surface area contributed by atoms with Crippen molar-refractivity contribution in [3.8, 4) is 0 Å². The van der Waals surface area contributed by atoms with Crippen molar-refractivity contribution in [2.45, 2.75) is 39.2 Å². The van der Waals surface area contributed by atoms with Crippen molar-refractivity contribution in [3.63, 3.8) is 0 Å². The van der Waals surface area contributed by atoms with Gasteiger partial charge in [-0.1, -0.05) is 44.4 Å². The molecule has 1 aromatic heterocycles. The number of aromatic nitrogens is 2. The number of hydrogen-bond acceptors (Lipinski definition) is 1. The van der Waals surface area contributed by atoms with E-state index in [0.717, 1.165) is 26.7 Å². The number of rotatable bonds is 1. The number of benzene rings is 1. The van der Waals surface area contributed by atoms with Gasteiger partial charge in [-0.3, -0.25) is 0 Å². The number of fused-ring (bicyclic) bond motifs is 1. The van der Waals surface area contributed by atoms with Gasteiger partial charge in [-0.05, 0) is 42.6 Å². The highest BCUT2D eigenvalue weighted by Crippen LogP contribution is 2.40. The van der Waals surface area contributed by atoms with E-state index < -0.39 is 0 Å². The van der Waals surface area contributed by atoms with Crippen LogP contribution in [0.4, 0.5) is 0 Å². The van der Waals surface area contributed by atoms with Gasteiger partial charge in [0.05, 0.1) is 16.1 Å². The molecule has 0 amide bonds. The fraction of sp³-hybridized carbons (Fsp3) is 0.533. The highest BCUT2D eigenvalue weighted by Gasteiger charge is 2.30. The molecule has 2 nitrogen and oxygen atoms in total. The third kappa shape index (κ3) is 2.13. The molecule has 1 saturated carbocycles. The second-order valence-electron chi connectivity index (χ2n) is 5.77. The van der Waals surface area contributed by atoms with Crippen molar-refractivity contribution in [1.82, 2.24) is 9.55 Å². The van der Waals surface area contributed by atoms with Crippen LogP contribution in [0.25, 0.3) is 11.0 Å². The highest BCUT2D eigenvalue weighted by atomic mass is 35.5. The molecule has 1 aliphatic rings. The second kappa shape index (κ2) is 4.95. The van der Waals surface area contributed by atoms with Gasteiger partial charge in [-0.25, -0.2) is 0 Å². The van der Waals surface area contributed by atoms with Gasteiger partial charge in [-0.2, -0.15) is 0 Å². The zero-order chi connectivity index (χ0) is 13.6. The van der Waals surface area contributed by atoms with Gasteiger partial charge in [0.15, 0.2) is 4.77 Å². The predicted octanol–water partition coefficient (Wildman–Crippen LogP) is 5.35. The third-order valence-corrected chi connectivity index (χ3v) is 5.29. The number of halogens is 1. The maximum absolute atomic E-state index is 6.39. The summed E-state index contributed by atoms with van der Waals surface area (Å²) in [6.07, 6.45) is 3.79. The lowest BCUT2D eigenvalue weighted by molar-refractivity contribution is 0.188. The van der Waals surface area contributed by atoms with Gasteiger partial charge in [0.25, 0.3) is 0 Å². The molecular weight excluding hydrogens is 276 g/mol. The van der Waals surface area contributed by atoms with Gasteiger partial charge in [-0.15, -0.1) is 0 Å². The maximum Gasteiger partial charge on any atom is 0.178 e. The lowest BCUT2D eigenvalue weighted by atomic mass is 9.78. The van der Waals surface area contributed by atoms with Crippen molar-refractivity contribution in [1.29, 1.82) is 0 Å². The monoisotopic (exact) mass is 294 g/mol. The molecule has 1 heterocycles. The Morgan fingerprint density at radius 3 is 2.89 bits per heavy atom. The van der Waals surface area contributed by atoms with Gasteiger partial charge in [0.2, 0.25) is 0 Å². The number of nitrogens with zero attached hydrogens (tertiary/aromatic N) is 1. The van der Waals surface area contributed by atoms with Crippen molar-refractivity contribution in [2.75, 3.05) is 0 Å². The van der Waals surface area contributed by atoms with Crippen LogP contribution in [-0.4, -0.2) is 9.55 Å². The van der Waals surface area contributed by atoms with Gasteiger partial charge >= 0.3 is 0 Å². The summed E-state index contributed by atoms with van der Waals surface area (Å²) in [5.41, 5.74) is 2.11. The molecular formula is C15H19ClN2S. The summed E-state index contributed by atoms with van der Waals surface area (Å²) in [6.45, 7) is 4.68. The fourth-order valence-corrected chi connectivity index (χ4v) is 3.97. The summed E-state index contributed by atoms with van der Waals surface area (Å²) in [5, 5.41) is 0.787. The Kier molecular flexibility index (Phi) is 3.44. The molecule has 0 radical (unpaired) electrons. The standard InChI is InChI=1S/C15H19ClN2S/c1-9-5-3-8-13(10(9)2)18-14-11(16)6-4-7-12(14)17-15(18)19/h4,6-7,9-10,13H,3,5,8H2,1-2H3,(H,17,19). The minimum atomic E-state index is 0.463. The van der Waals surface area contributed by atoms with E-state index in [9.17, 15) is 0 Å². The third-order valence-electron chi connectivity index (χ3n) is 4.68. The minimum Gasteiger partial charge on any atom is -0.331 e. The average Bonchev–Trinajstić information content (AvgIpc) is 2.71. The van der Waals surface area contributed by atoms with Gasteiger partial charge < -0.3 is 9.55 Å². The van der Waals surface area contributed by atoms with E-state index in [2.05, 4.69) is 23.4 Å². The average molecular weight is 295 g/mol. The summed E-state index contributed by atoms with van der Waals surface area (Å²) in [4.78, 5) is 3.29. The largest absolute Gasteiger partial charge is 0.331 e. The van der Waals surface area contributed by atoms with Crippen LogP contribution in [0.15, 0.2) is 18.2 Å². The normalized spacial score (nSPS) is 27.8. The van der Waals surface area contributed by atoms with Crippen LogP contribution in [0.3, 0.4) is 0 Å². The molecule has 19 heavy (non-hydrogen) atoms. The Bertz CT molecular complexity index is 658. The van der Waals surface area contributed by atoms with E-state index in [-0.39, 0.29) is 0 Å². The Morgan fingerprint density at radius 2 is 2.11 bits per heavy atom. The number of hydrogen-bond donors (Lipinski definition) is 1. The molecule has 102 valence electrons. The van der Waals surface area contributed by atoms with Crippen molar-refractivity contribution in [2.24, 2.45) is 11.8 Å². The first-order chi connectivity index (χ1) is 9.09. The molecule has 0 saturated heterocycles. The maximum atomic E-state index is 6.39. The first-order valence-corrected chi connectivity index (χ1v) is 7.77. The Hall–Kier alpha value is -0.800.